The summed E-state index contributed by atoms with van der Waals surface area (Å²) in [6.45, 7) is 11.1. The summed E-state index contributed by atoms with van der Waals surface area (Å²) in [5, 5.41) is 3.47. The smallest absolute Gasteiger partial charge is 0.410 e. The fraction of sp³-hybridized carbons (Fsp3) is 0.933. The zero-order chi connectivity index (χ0) is 14.8. The second-order valence-corrected chi connectivity index (χ2v) is 6.93. The van der Waals surface area contributed by atoms with Gasteiger partial charge in [-0.05, 0) is 40.0 Å². The first-order valence-electron chi connectivity index (χ1n) is 7.70. The second-order valence-electron chi connectivity index (χ2n) is 6.93. The van der Waals surface area contributed by atoms with Crippen molar-refractivity contribution in [1.29, 1.82) is 0 Å². The number of ether oxygens (including phenoxy) is 2. The number of nitrogens with zero attached hydrogens (tertiary/aromatic N) is 1. The van der Waals surface area contributed by atoms with E-state index in [2.05, 4.69) is 12.2 Å². The van der Waals surface area contributed by atoms with E-state index in [-0.39, 0.29) is 11.7 Å². The summed E-state index contributed by atoms with van der Waals surface area (Å²) >= 11 is 0. The van der Waals surface area contributed by atoms with Gasteiger partial charge >= 0.3 is 6.09 Å². The maximum Gasteiger partial charge on any atom is 0.410 e. The van der Waals surface area contributed by atoms with E-state index in [1.165, 1.54) is 0 Å². The van der Waals surface area contributed by atoms with Crippen molar-refractivity contribution in [3.8, 4) is 0 Å². The molecule has 0 aliphatic carbocycles. The van der Waals surface area contributed by atoms with Crippen LogP contribution >= 0.6 is 0 Å². The van der Waals surface area contributed by atoms with Gasteiger partial charge in [-0.15, -0.1) is 0 Å². The summed E-state index contributed by atoms with van der Waals surface area (Å²) in [6.07, 6.45) is 2.90. The van der Waals surface area contributed by atoms with E-state index >= 15 is 0 Å². The Morgan fingerprint density at radius 3 is 2.60 bits per heavy atom. The highest BCUT2D eigenvalue weighted by Gasteiger charge is 2.41. The summed E-state index contributed by atoms with van der Waals surface area (Å²) in [4.78, 5) is 13.9. The Balaban J connectivity index is 1.87. The largest absolute Gasteiger partial charge is 0.444 e. The van der Waals surface area contributed by atoms with E-state index in [9.17, 15) is 4.79 Å². The van der Waals surface area contributed by atoms with Crippen LogP contribution in [0.1, 0.15) is 47.0 Å². The molecular formula is C15H28N2O3. The van der Waals surface area contributed by atoms with Crippen LogP contribution in [-0.2, 0) is 9.47 Å². The van der Waals surface area contributed by atoms with Gasteiger partial charge in [-0.2, -0.15) is 0 Å². The molecule has 116 valence electrons. The maximum atomic E-state index is 12.1. The number of carbonyl (C=O) groups is 1. The van der Waals surface area contributed by atoms with Crippen molar-refractivity contribution in [2.45, 2.75) is 64.3 Å². The van der Waals surface area contributed by atoms with Crippen LogP contribution in [0.15, 0.2) is 0 Å². The predicted octanol–water partition coefficient (Wildman–Crippen LogP) is 2.15. The molecule has 0 aromatic heterocycles. The minimum atomic E-state index is -0.428. The number of carbonyl (C=O) groups excluding carboxylic acids is 1. The quantitative estimate of drug-likeness (QED) is 0.801. The van der Waals surface area contributed by atoms with Crippen molar-refractivity contribution in [3.63, 3.8) is 0 Å². The van der Waals surface area contributed by atoms with Crippen molar-refractivity contribution < 1.29 is 14.3 Å². The summed E-state index contributed by atoms with van der Waals surface area (Å²) in [6, 6.07) is 0. The number of amides is 1. The Hall–Kier alpha value is -0.810. The molecule has 0 saturated carbocycles. The number of piperidine rings is 1. The Labute approximate surface area is 122 Å². The molecule has 2 fully saturated rings. The zero-order valence-electron chi connectivity index (χ0n) is 13.2. The van der Waals surface area contributed by atoms with Crippen molar-refractivity contribution in [1.82, 2.24) is 10.2 Å². The van der Waals surface area contributed by atoms with Crippen LogP contribution in [0.3, 0.4) is 0 Å². The summed E-state index contributed by atoms with van der Waals surface area (Å²) in [5.41, 5.74) is -0.514. The average molecular weight is 284 g/mol. The van der Waals surface area contributed by atoms with E-state index in [4.69, 9.17) is 9.47 Å². The van der Waals surface area contributed by atoms with E-state index in [1.807, 2.05) is 20.8 Å². The third kappa shape index (κ3) is 3.85. The zero-order valence-corrected chi connectivity index (χ0v) is 13.2. The van der Waals surface area contributed by atoms with Gasteiger partial charge in [0.1, 0.15) is 5.60 Å². The molecule has 2 aliphatic rings. The normalized spacial score (nSPS) is 26.6. The van der Waals surface area contributed by atoms with Gasteiger partial charge in [0.05, 0.1) is 11.7 Å². The monoisotopic (exact) mass is 284 g/mol. The van der Waals surface area contributed by atoms with Gasteiger partial charge in [0.2, 0.25) is 0 Å². The van der Waals surface area contributed by atoms with E-state index < -0.39 is 5.60 Å². The van der Waals surface area contributed by atoms with Gasteiger partial charge in [-0.1, -0.05) is 6.92 Å². The standard InChI is InChI=1S/C15H28N2O3/c1-5-12-10-16-11-15(19-12)6-8-17(9-7-15)13(18)20-14(2,3)4/h12,16H,5-11H2,1-4H3. The molecule has 20 heavy (non-hydrogen) atoms. The highest BCUT2D eigenvalue weighted by Crippen LogP contribution is 2.30. The third-order valence-corrected chi connectivity index (χ3v) is 4.02. The Morgan fingerprint density at radius 1 is 1.40 bits per heavy atom. The molecule has 0 aromatic carbocycles. The molecule has 0 aromatic rings. The summed E-state index contributed by atoms with van der Waals surface area (Å²) in [5.74, 6) is 0. The van der Waals surface area contributed by atoms with Gasteiger partial charge in [0, 0.05) is 26.2 Å². The Kier molecular flexibility index (Phi) is 4.59. The van der Waals surface area contributed by atoms with Crippen LogP contribution in [0.5, 0.6) is 0 Å². The van der Waals surface area contributed by atoms with Crippen molar-refractivity contribution in [3.05, 3.63) is 0 Å². The first kappa shape index (κ1) is 15.6. The van der Waals surface area contributed by atoms with Crippen LogP contribution in [0.2, 0.25) is 0 Å². The molecule has 0 radical (unpaired) electrons. The molecule has 2 rings (SSSR count). The average Bonchev–Trinajstić information content (AvgIpc) is 2.37. The first-order valence-corrected chi connectivity index (χ1v) is 7.70. The second kappa shape index (κ2) is 5.90. The lowest BCUT2D eigenvalue weighted by Gasteiger charge is -2.46. The maximum absolute atomic E-state index is 12.1. The van der Waals surface area contributed by atoms with Gasteiger partial charge in [-0.3, -0.25) is 0 Å². The van der Waals surface area contributed by atoms with Crippen LogP contribution in [0.25, 0.3) is 0 Å². The summed E-state index contributed by atoms with van der Waals surface area (Å²) < 4.78 is 11.7. The highest BCUT2D eigenvalue weighted by molar-refractivity contribution is 5.68. The number of rotatable bonds is 1. The minimum absolute atomic E-state index is 0.0859. The fourth-order valence-corrected chi connectivity index (χ4v) is 2.84. The van der Waals surface area contributed by atoms with Crippen molar-refractivity contribution >= 4 is 6.09 Å². The number of morpholine rings is 1. The number of hydrogen-bond donors (Lipinski definition) is 1. The van der Waals surface area contributed by atoms with Gasteiger partial charge in [0.25, 0.3) is 0 Å². The molecule has 1 N–H and O–H groups in total. The van der Waals surface area contributed by atoms with Crippen molar-refractivity contribution in [2.75, 3.05) is 26.2 Å². The molecule has 0 bridgehead atoms. The molecule has 1 spiro atoms. The van der Waals surface area contributed by atoms with Gasteiger partial charge in [-0.25, -0.2) is 4.79 Å². The molecule has 1 atom stereocenters. The predicted molar refractivity (Wildman–Crippen MR) is 77.8 cm³/mol. The lowest BCUT2D eigenvalue weighted by atomic mass is 9.89. The third-order valence-electron chi connectivity index (χ3n) is 4.02. The molecule has 5 heteroatoms. The Morgan fingerprint density at radius 2 is 2.05 bits per heavy atom. The lowest BCUT2D eigenvalue weighted by Crippen LogP contribution is -2.59. The number of nitrogens with one attached hydrogen (secondary N) is 1. The van der Waals surface area contributed by atoms with E-state index in [0.29, 0.717) is 19.2 Å². The summed E-state index contributed by atoms with van der Waals surface area (Å²) in [7, 11) is 0. The molecule has 5 nitrogen and oxygen atoms in total. The van der Waals surface area contributed by atoms with Gasteiger partial charge < -0.3 is 19.7 Å². The van der Waals surface area contributed by atoms with E-state index in [1.54, 1.807) is 4.90 Å². The van der Waals surface area contributed by atoms with Crippen LogP contribution < -0.4 is 5.32 Å². The molecule has 2 heterocycles. The van der Waals surface area contributed by atoms with Gasteiger partial charge in [0.15, 0.2) is 0 Å². The van der Waals surface area contributed by atoms with E-state index in [0.717, 1.165) is 32.4 Å². The molecule has 1 unspecified atom stereocenters. The van der Waals surface area contributed by atoms with Crippen molar-refractivity contribution in [2.24, 2.45) is 0 Å². The van der Waals surface area contributed by atoms with Crippen LogP contribution in [-0.4, -0.2) is 54.5 Å². The molecule has 2 saturated heterocycles. The molecular weight excluding hydrogens is 256 g/mol. The van der Waals surface area contributed by atoms with Crippen LogP contribution in [0, 0.1) is 0 Å². The molecule has 1 amide bonds. The topological polar surface area (TPSA) is 50.8 Å². The SMILES string of the molecule is CCC1CNCC2(CCN(C(=O)OC(C)(C)C)CC2)O1. The number of hydrogen-bond acceptors (Lipinski definition) is 4. The lowest BCUT2D eigenvalue weighted by molar-refractivity contribution is -0.141. The number of likely N-dealkylation sites (tertiary alicyclic amines) is 1. The fourth-order valence-electron chi connectivity index (χ4n) is 2.84. The molecule has 2 aliphatic heterocycles. The first-order chi connectivity index (χ1) is 9.34. The van der Waals surface area contributed by atoms with Crippen LogP contribution in [0.4, 0.5) is 4.79 Å². The highest BCUT2D eigenvalue weighted by atomic mass is 16.6. The Bertz CT molecular complexity index is 344. The minimum Gasteiger partial charge on any atom is -0.444 e.